The molecule has 0 atom stereocenters. The fourth-order valence-corrected chi connectivity index (χ4v) is 1.71. The van der Waals surface area contributed by atoms with Gasteiger partial charge < -0.3 is 20.2 Å². The van der Waals surface area contributed by atoms with Crippen molar-refractivity contribution >= 4 is 5.91 Å². The fraction of sp³-hybridized carbons (Fsp3) is 0.286. The summed E-state index contributed by atoms with van der Waals surface area (Å²) < 4.78 is 10.3. The molecule has 0 aliphatic heterocycles. The molecule has 6 nitrogen and oxygen atoms in total. The summed E-state index contributed by atoms with van der Waals surface area (Å²) in [4.78, 5) is 16.0. The van der Waals surface area contributed by atoms with Crippen LogP contribution in [0, 0.1) is 0 Å². The number of nitrogens with zero attached hydrogens (tertiary/aromatic N) is 1. The quantitative estimate of drug-likeness (QED) is 0.824. The summed E-state index contributed by atoms with van der Waals surface area (Å²) in [5.74, 6) is 0.947. The molecule has 0 saturated heterocycles. The molecule has 0 fully saturated rings. The van der Waals surface area contributed by atoms with Crippen LogP contribution in [0.5, 0.6) is 5.75 Å². The molecule has 0 aliphatic carbocycles. The lowest BCUT2D eigenvalue weighted by atomic mass is 10.2. The molecule has 1 heterocycles. The Labute approximate surface area is 116 Å². The molecule has 0 aliphatic rings. The maximum absolute atomic E-state index is 11.9. The van der Waals surface area contributed by atoms with E-state index in [9.17, 15) is 4.79 Å². The van der Waals surface area contributed by atoms with Crippen LogP contribution in [0.3, 0.4) is 0 Å². The minimum absolute atomic E-state index is 0.261. The van der Waals surface area contributed by atoms with Gasteiger partial charge in [0.2, 0.25) is 0 Å². The van der Waals surface area contributed by atoms with Crippen molar-refractivity contribution in [3.05, 3.63) is 47.7 Å². The molecule has 1 aromatic heterocycles. The Balaban J connectivity index is 1.93. The number of hydrogen-bond donors (Lipinski definition) is 2. The molecule has 0 spiro atoms. The zero-order chi connectivity index (χ0) is 14.4. The van der Waals surface area contributed by atoms with E-state index in [-0.39, 0.29) is 11.6 Å². The SMILES string of the molecule is COc1cccc(CNC(=O)c2coc(CCN)n2)c1. The molecular weight excluding hydrogens is 258 g/mol. The van der Waals surface area contributed by atoms with Gasteiger partial charge in [-0.25, -0.2) is 4.98 Å². The van der Waals surface area contributed by atoms with Gasteiger partial charge in [0.1, 0.15) is 12.0 Å². The molecule has 0 bridgehead atoms. The topological polar surface area (TPSA) is 90.4 Å². The zero-order valence-corrected chi connectivity index (χ0v) is 11.3. The smallest absolute Gasteiger partial charge is 0.273 e. The third-order valence-corrected chi connectivity index (χ3v) is 2.73. The number of rotatable bonds is 6. The number of ether oxygens (including phenoxy) is 1. The first-order chi connectivity index (χ1) is 9.72. The Morgan fingerprint density at radius 2 is 2.35 bits per heavy atom. The van der Waals surface area contributed by atoms with E-state index in [0.717, 1.165) is 11.3 Å². The maximum Gasteiger partial charge on any atom is 0.273 e. The van der Waals surface area contributed by atoms with E-state index >= 15 is 0 Å². The molecule has 2 rings (SSSR count). The summed E-state index contributed by atoms with van der Waals surface area (Å²) in [7, 11) is 1.60. The van der Waals surface area contributed by atoms with Crippen molar-refractivity contribution in [3.8, 4) is 5.75 Å². The minimum Gasteiger partial charge on any atom is -0.497 e. The van der Waals surface area contributed by atoms with Gasteiger partial charge in [-0.1, -0.05) is 12.1 Å². The monoisotopic (exact) mass is 275 g/mol. The van der Waals surface area contributed by atoms with Gasteiger partial charge in [0.15, 0.2) is 11.6 Å². The van der Waals surface area contributed by atoms with Crippen molar-refractivity contribution in [2.75, 3.05) is 13.7 Å². The lowest BCUT2D eigenvalue weighted by Gasteiger charge is -2.05. The van der Waals surface area contributed by atoms with Crippen molar-refractivity contribution in [2.24, 2.45) is 5.73 Å². The van der Waals surface area contributed by atoms with Crippen LogP contribution < -0.4 is 15.8 Å². The van der Waals surface area contributed by atoms with E-state index in [4.69, 9.17) is 14.9 Å². The van der Waals surface area contributed by atoms with Crippen LogP contribution in [-0.2, 0) is 13.0 Å². The van der Waals surface area contributed by atoms with E-state index in [1.54, 1.807) is 7.11 Å². The highest BCUT2D eigenvalue weighted by Crippen LogP contribution is 2.12. The van der Waals surface area contributed by atoms with Crippen LogP contribution in [-0.4, -0.2) is 24.5 Å². The number of benzene rings is 1. The van der Waals surface area contributed by atoms with Crippen LogP contribution in [0.25, 0.3) is 0 Å². The lowest BCUT2D eigenvalue weighted by Crippen LogP contribution is -2.23. The Morgan fingerprint density at radius 1 is 1.50 bits per heavy atom. The largest absolute Gasteiger partial charge is 0.497 e. The van der Waals surface area contributed by atoms with Gasteiger partial charge in [-0.3, -0.25) is 4.79 Å². The molecular formula is C14H17N3O3. The molecule has 20 heavy (non-hydrogen) atoms. The molecule has 1 aromatic carbocycles. The number of methoxy groups -OCH3 is 1. The highest BCUT2D eigenvalue weighted by molar-refractivity contribution is 5.91. The van der Waals surface area contributed by atoms with Crippen molar-refractivity contribution in [1.82, 2.24) is 10.3 Å². The summed E-state index contributed by atoms with van der Waals surface area (Å²) in [6.07, 6.45) is 1.86. The Kier molecular flexibility index (Phi) is 4.73. The van der Waals surface area contributed by atoms with E-state index in [1.807, 2.05) is 24.3 Å². The summed E-state index contributed by atoms with van der Waals surface area (Å²) in [5.41, 5.74) is 6.60. The lowest BCUT2D eigenvalue weighted by molar-refractivity contribution is 0.0946. The molecule has 2 aromatic rings. The van der Waals surface area contributed by atoms with Crippen LogP contribution in [0.15, 0.2) is 34.9 Å². The first-order valence-electron chi connectivity index (χ1n) is 6.28. The number of carbonyl (C=O) groups is 1. The normalized spacial score (nSPS) is 10.3. The third kappa shape index (κ3) is 3.58. The van der Waals surface area contributed by atoms with E-state index in [0.29, 0.717) is 25.4 Å². The van der Waals surface area contributed by atoms with Crippen LogP contribution in [0.4, 0.5) is 0 Å². The molecule has 3 N–H and O–H groups in total. The first-order valence-corrected chi connectivity index (χ1v) is 6.28. The van der Waals surface area contributed by atoms with Gasteiger partial charge in [-0.15, -0.1) is 0 Å². The van der Waals surface area contributed by atoms with Crippen molar-refractivity contribution in [1.29, 1.82) is 0 Å². The van der Waals surface area contributed by atoms with Gasteiger partial charge >= 0.3 is 0 Å². The second-order valence-corrected chi connectivity index (χ2v) is 4.20. The number of amides is 1. The van der Waals surface area contributed by atoms with Gasteiger partial charge in [-0.05, 0) is 17.7 Å². The molecule has 0 unspecified atom stereocenters. The zero-order valence-electron chi connectivity index (χ0n) is 11.3. The highest BCUT2D eigenvalue weighted by Gasteiger charge is 2.11. The molecule has 6 heteroatoms. The fourth-order valence-electron chi connectivity index (χ4n) is 1.71. The second-order valence-electron chi connectivity index (χ2n) is 4.20. The van der Waals surface area contributed by atoms with Crippen molar-refractivity contribution < 1.29 is 13.9 Å². The second kappa shape index (κ2) is 6.72. The average Bonchev–Trinajstić information content (AvgIpc) is 2.94. The Hall–Kier alpha value is -2.34. The number of aromatic nitrogens is 1. The van der Waals surface area contributed by atoms with Gasteiger partial charge in [0, 0.05) is 19.5 Å². The summed E-state index contributed by atoms with van der Waals surface area (Å²) in [5, 5.41) is 2.77. The number of carbonyl (C=O) groups excluding carboxylic acids is 1. The number of nitrogens with one attached hydrogen (secondary N) is 1. The maximum atomic E-state index is 11.9. The third-order valence-electron chi connectivity index (χ3n) is 2.73. The standard InChI is InChI=1S/C14H17N3O3/c1-19-11-4-2-3-10(7-11)8-16-14(18)12-9-20-13(17-12)5-6-15/h2-4,7,9H,5-6,8,15H2,1H3,(H,16,18). The van der Waals surface area contributed by atoms with Gasteiger partial charge in [-0.2, -0.15) is 0 Å². The number of hydrogen-bond acceptors (Lipinski definition) is 5. The number of oxazole rings is 1. The highest BCUT2D eigenvalue weighted by atomic mass is 16.5. The van der Waals surface area contributed by atoms with Gasteiger partial charge in [0.25, 0.3) is 5.91 Å². The molecule has 0 saturated carbocycles. The predicted octanol–water partition coefficient (Wildman–Crippen LogP) is 1.11. The van der Waals surface area contributed by atoms with Crippen LogP contribution in [0.2, 0.25) is 0 Å². The average molecular weight is 275 g/mol. The van der Waals surface area contributed by atoms with Crippen LogP contribution >= 0.6 is 0 Å². The van der Waals surface area contributed by atoms with Crippen molar-refractivity contribution in [3.63, 3.8) is 0 Å². The summed E-state index contributed by atoms with van der Waals surface area (Å²) in [6, 6.07) is 7.49. The Bertz CT molecular complexity index is 581. The van der Waals surface area contributed by atoms with Gasteiger partial charge in [0.05, 0.1) is 7.11 Å². The molecule has 1 amide bonds. The molecule has 106 valence electrons. The minimum atomic E-state index is -0.278. The van der Waals surface area contributed by atoms with E-state index < -0.39 is 0 Å². The predicted molar refractivity (Wildman–Crippen MR) is 73.4 cm³/mol. The first kappa shape index (κ1) is 14.1. The van der Waals surface area contributed by atoms with E-state index in [1.165, 1.54) is 6.26 Å². The Morgan fingerprint density at radius 3 is 3.10 bits per heavy atom. The molecule has 0 radical (unpaired) electrons. The summed E-state index contributed by atoms with van der Waals surface area (Å²) >= 11 is 0. The number of nitrogens with two attached hydrogens (primary N) is 1. The summed E-state index contributed by atoms with van der Waals surface area (Å²) in [6.45, 7) is 0.834. The van der Waals surface area contributed by atoms with Crippen LogP contribution in [0.1, 0.15) is 21.9 Å². The van der Waals surface area contributed by atoms with E-state index in [2.05, 4.69) is 10.3 Å². The van der Waals surface area contributed by atoms with Crippen molar-refractivity contribution in [2.45, 2.75) is 13.0 Å².